The van der Waals surface area contributed by atoms with E-state index in [1.165, 1.54) is 11.8 Å². The van der Waals surface area contributed by atoms with E-state index in [-0.39, 0.29) is 11.1 Å². The summed E-state index contributed by atoms with van der Waals surface area (Å²) in [6.45, 7) is 2.02. The SMILES string of the molecule is CSC1=C2c3ccccc3N(C)C2(C)c2c(c(=O)[nH][nH]c2=O)S1. The number of para-hydroxylation sites is 1. The highest BCUT2D eigenvalue weighted by molar-refractivity contribution is 8.22. The fraction of sp³-hybridized carbons (Fsp3) is 0.250. The Kier molecular flexibility index (Phi) is 3.08. The fourth-order valence-corrected chi connectivity index (χ4v) is 5.76. The Morgan fingerprint density at radius 1 is 1.17 bits per heavy atom. The van der Waals surface area contributed by atoms with Crippen LogP contribution in [0.15, 0.2) is 43.0 Å². The van der Waals surface area contributed by atoms with Gasteiger partial charge in [-0.2, -0.15) is 0 Å². The first-order chi connectivity index (χ1) is 11.0. The lowest BCUT2D eigenvalue weighted by Gasteiger charge is -2.39. The molecule has 1 unspecified atom stereocenters. The predicted molar refractivity (Wildman–Crippen MR) is 96.2 cm³/mol. The van der Waals surface area contributed by atoms with Crippen molar-refractivity contribution >= 4 is 34.8 Å². The number of nitrogens with one attached hydrogen (secondary N) is 2. The maximum Gasteiger partial charge on any atom is 0.277 e. The van der Waals surface area contributed by atoms with Crippen LogP contribution >= 0.6 is 23.5 Å². The Labute approximate surface area is 141 Å². The molecule has 2 N–H and O–H groups in total. The average Bonchev–Trinajstić information content (AvgIpc) is 2.79. The highest BCUT2D eigenvalue weighted by Gasteiger charge is 2.51. The zero-order valence-corrected chi connectivity index (χ0v) is 14.5. The van der Waals surface area contributed by atoms with Crippen LogP contribution in [-0.2, 0) is 5.54 Å². The first-order valence-corrected chi connectivity index (χ1v) is 9.19. The van der Waals surface area contributed by atoms with Crippen molar-refractivity contribution < 1.29 is 0 Å². The second-order valence-corrected chi connectivity index (χ2v) is 7.82. The van der Waals surface area contributed by atoms with Crippen molar-refractivity contribution in [3.8, 4) is 0 Å². The minimum absolute atomic E-state index is 0.244. The minimum atomic E-state index is -0.648. The van der Waals surface area contributed by atoms with E-state index in [2.05, 4.69) is 27.2 Å². The number of hydrogen-bond donors (Lipinski definition) is 2. The molecule has 0 aliphatic carbocycles. The van der Waals surface area contributed by atoms with Gasteiger partial charge in [-0.15, -0.1) is 11.8 Å². The smallest absolute Gasteiger partial charge is 0.277 e. The number of nitrogens with zero attached hydrogens (tertiary/aromatic N) is 1. The largest absolute Gasteiger partial charge is 0.360 e. The third-order valence-corrected chi connectivity index (χ3v) is 7.02. The van der Waals surface area contributed by atoms with E-state index in [0.717, 1.165) is 21.1 Å². The number of H-pyrrole nitrogens is 2. The van der Waals surface area contributed by atoms with E-state index in [0.29, 0.717) is 10.5 Å². The molecule has 2 aliphatic heterocycles. The van der Waals surface area contributed by atoms with Crippen molar-refractivity contribution in [1.82, 2.24) is 10.2 Å². The van der Waals surface area contributed by atoms with Crippen LogP contribution in [0.5, 0.6) is 0 Å². The van der Waals surface area contributed by atoms with E-state index in [1.807, 2.05) is 32.4 Å². The lowest BCUT2D eigenvalue weighted by Crippen LogP contribution is -2.46. The molecule has 118 valence electrons. The van der Waals surface area contributed by atoms with Crippen LogP contribution < -0.4 is 16.0 Å². The molecule has 5 nitrogen and oxygen atoms in total. The van der Waals surface area contributed by atoms with Gasteiger partial charge in [0.2, 0.25) is 0 Å². The fourth-order valence-electron chi connectivity index (χ4n) is 3.53. The van der Waals surface area contributed by atoms with E-state index < -0.39 is 5.54 Å². The molecule has 4 rings (SSSR count). The van der Waals surface area contributed by atoms with Gasteiger partial charge in [0.05, 0.1) is 20.2 Å². The molecule has 23 heavy (non-hydrogen) atoms. The molecule has 2 aromatic rings. The summed E-state index contributed by atoms with van der Waals surface area (Å²) < 4.78 is 1.06. The van der Waals surface area contributed by atoms with E-state index in [1.54, 1.807) is 11.8 Å². The summed E-state index contributed by atoms with van der Waals surface area (Å²) in [6.07, 6.45) is 2.00. The quantitative estimate of drug-likeness (QED) is 0.831. The second kappa shape index (κ2) is 4.82. The second-order valence-electron chi connectivity index (χ2n) is 5.73. The number of fused-ring (bicyclic) bond motifs is 5. The summed E-state index contributed by atoms with van der Waals surface area (Å²) in [5, 5.41) is 4.92. The Bertz CT molecular complexity index is 976. The summed E-state index contributed by atoms with van der Waals surface area (Å²) in [7, 11) is 1.98. The number of benzene rings is 1. The maximum absolute atomic E-state index is 12.6. The number of thioether (sulfide) groups is 2. The molecule has 1 aromatic carbocycles. The van der Waals surface area contributed by atoms with E-state index in [4.69, 9.17) is 0 Å². The standard InChI is InChI=1S/C16H15N3O2S2/c1-16-10(8-6-4-5-7-9(8)19(16)2)15(22-3)23-12-11(16)13(20)17-18-14(12)21/h4-7H,1-3H3,(H,17,20)(H,18,21). The summed E-state index contributed by atoms with van der Waals surface area (Å²) in [4.78, 5) is 27.4. The van der Waals surface area contributed by atoms with Gasteiger partial charge in [0.25, 0.3) is 11.1 Å². The highest BCUT2D eigenvalue weighted by atomic mass is 32.2. The van der Waals surface area contributed by atoms with Crippen molar-refractivity contribution in [3.05, 3.63) is 60.3 Å². The molecule has 0 amide bonds. The minimum Gasteiger partial charge on any atom is -0.360 e. The van der Waals surface area contributed by atoms with Gasteiger partial charge in [0.15, 0.2) is 0 Å². The molecule has 1 aromatic heterocycles. The third-order valence-electron chi connectivity index (χ3n) is 4.71. The highest BCUT2D eigenvalue weighted by Crippen LogP contribution is 2.60. The Hall–Kier alpha value is -1.86. The first kappa shape index (κ1) is 14.7. The number of likely N-dealkylation sites (N-methyl/N-ethyl adjacent to an activating group) is 1. The first-order valence-electron chi connectivity index (χ1n) is 7.15. The molecular weight excluding hydrogens is 330 g/mol. The third kappa shape index (κ3) is 1.72. The predicted octanol–water partition coefficient (Wildman–Crippen LogP) is 2.57. The average molecular weight is 345 g/mol. The summed E-state index contributed by atoms with van der Waals surface area (Å²) in [5.41, 5.74) is 2.69. The Morgan fingerprint density at radius 2 is 1.87 bits per heavy atom. The zero-order valence-electron chi connectivity index (χ0n) is 12.9. The van der Waals surface area contributed by atoms with E-state index in [9.17, 15) is 9.59 Å². The molecule has 0 bridgehead atoms. The van der Waals surface area contributed by atoms with Crippen LogP contribution in [0, 0.1) is 0 Å². The number of anilines is 1. The molecule has 2 aliphatic rings. The summed E-state index contributed by atoms with van der Waals surface area (Å²) in [6, 6.07) is 8.13. The molecule has 0 saturated heterocycles. The van der Waals surface area contributed by atoms with Crippen LogP contribution in [-0.4, -0.2) is 23.5 Å². The van der Waals surface area contributed by atoms with Crippen LogP contribution in [0.1, 0.15) is 18.1 Å². The normalized spacial score (nSPS) is 22.0. The lowest BCUT2D eigenvalue weighted by molar-refractivity contribution is 0.588. The van der Waals surface area contributed by atoms with Gasteiger partial charge >= 0.3 is 0 Å². The van der Waals surface area contributed by atoms with Crippen LogP contribution in [0.3, 0.4) is 0 Å². The van der Waals surface area contributed by atoms with Crippen LogP contribution in [0.2, 0.25) is 0 Å². The maximum atomic E-state index is 12.6. The molecule has 1 atom stereocenters. The summed E-state index contributed by atoms with van der Waals surface area (Å²) >= 11 is 3.01. The van der Waals surface area contributed by atoms with Gasteiger partial charge in [0.1, 0.15) is 0 Å². The van der Waals surface area contributed by atoms with Crippen LogP contribution in [0.4, 0.5) is 5.69 Å². The van der Waals surface area contributed by atoms with Crippen LogP contribution in [0.25, 0.3) is 5.57 Å². The number of aromatic amines is 2. The van der Waals surface area contributed by atoms with Gasteiger partial charge in [-0.3, -0.25) is 19.8 Å². The summed E-state index contributed by atoms with van der Waals surface area (Å²) in [5.74, 6) is 0. The monoisotopic (exact) mass is 345 g/mol. The molecule has 7 heteroatoms. The van der Waals surface area contributed by atoms with Crippen molar-refractivity contribution in [2.24, 2.45) is 0 Å². The topological polar surface area (TPSA) is 69.0 Å². The zero-order chi connectivity index (χ0) is 16.4. The molecule has 0 fully saturated rings. The van der Waals surface area contributed by atoms with Crippen molar-refractivity contribution in [2.75, 3.05) is 18.2 Å². The van der Waals surface area contributed by atoms with Gasteiger partial charge in [-0.1, -0.05) is 30.0 Å². The number of hydrogen-bond acceptors (Lipinski definition) is 5. The molecule has 0 radical (unpaired) electrons. The van der Waals surface area contributed by atoms with Gasteiger partial charge in [-0.25, -0.2) is 0 Å². The molecule has 0 saturated carbocycles. The van der Waals surface area contributed by atoms with E-state index >= 15 is 0 Å². The molecular formula is C16H15N3O2S2. The van der Waals surface area contributed by atoms with Gasteiger partial charge < -0.3 is 4.90 Å². The molecule has 0 spiro atoms. The van der Waals surface area contributed by atoms with Gasteiger partial charge in [0, 0.05) is 23.9 Å². The van der Waals surface area contributed by atoms with Crippen molar-refractivity contribution in [1.29, 1.82) is 0 Å². The number of aromatic nitrogens is 2. The molecule has 3 heterocycles. The van der Waals surface area contributed by atoms with Gasteiger partial charge in [-0.05, 0) is 19.2 Å². The Morgan fingerprint density at radius 3 is 2.61 bits per heavy atom. The van der Waals surface area contributed by atoms with Crippen molar-refractivity contribution in [2.45, 2.75) is 17.4 Å². The Balaban J connectivity index is 2.16. The lowest BCUT2D eigenvalue weighted by atomic mass is 9.84. The number of rotatable bonds is 1. The van der Waals surface area contributed by atoms with Crippen molar-refractivity contribution in [3.63, 3.8) is 0 Å².